The van der Waals surface area contributed by atoms with Crippen LogP contribution in [0.15, 0.2) is 48.5 Å². The second kappa shape index (κ2) is 6.99. The Hall–Kier alpha value is -2.67. The molecule has 29 heavy (non-hydrogen) atoms. The number of carbonyl (C=O) groups is 1. The molecule has 0 spiro atoms. The lowest BCUT2D eigenvalue weighted by Crippen LogP contribution is -2.33. The van der Waals surface area contributed by atoms with Crippen LogP contribution in [-0.4, -0.2) is 43.6 Å². The van der Waals surface area contributed by atoms with Gasteiger partial charge < -0.3 is 4.90 Å². The molecule has 0 radical (unpaired) electrons. The Morgan fingerprint density at radius 2 is 1.90 bits per heavy atom. The Balaban J connectivity index is 1.42. The SMILES string of the molecule is Cc1cccc(/C=C/C(=O)N2CC3C(C2)C3(C)c2cccc(NS(C)(=O)=O)c2)n1. The summed E-state index contributed by atoms with van der Waals surface area (Å²) >= 11 is 0. The van der Waals surface area contributed by atoms with Crippen LogP contribution in [0.1, 0.15) is 23.9 Å². The van der Waals surface area contributed by atoms with Gasteiger partial charge in [-0.05, 0) is 54.7 Å². The van der Waals surface area contributed by atoms with E-state index in [2.05, 4.69) is 16.6 Å². The highest BCUT2D eigenvalue weighted by Gasteiger charge is 2.66. The molecular formula is C22H25N3O3S. The Morgan fingerprint density at radius 3 is 2.55 bits per heavy atom. The molecule has 2 aliphatic rings. The van der Waals surface area contributed by atoms with Gasteiger partial charge in [0.1, 0.15) is 0 Å². The maximum absolute atomic E-state index is 12.6. The number of benzene rings is 1. The number of aromatic nitrogens is 1. The van der Waals surface area contributed by atoms with E-state index in [0.717, 1.165) is 36.3 Å². The molecule has 1 aliphatic carbocycles. The predicted octanol–water partition coefficient (Wildman–Crippen LogP) is 2.82. The summed E-state index contributed by atoms with van der Waals surface area (Å²) in [5, 5.41) is 0. The molecule has 2 atom stereocenters. The Labute approximate surface area is 171 Å². The van der Waals surface area contributed by atoms with Gasteiger partial charge in [-0.15, -0.1) is 0 Å². The molecule has 2 heterocycles. The molecule has 2 unspecified atom stereocenters. The first kappa shape index (κ1) is 19.6. The third-order valence-electron chi connectivity index (χ3n) is 6.16. The lowest BCUT2D eigenvalue weighted by molar-refractivity contribution is -0.125. The van der Waals surface area contributed by atoms with E-state index in [9.17, 15) is 13.2 Å². The van der Waals surface area contributed by atoms with Gasteiger partial charge in [-0.25, -0.2) is 8.42 Å². The van der Waals surface area contributed by atoms with Crippen LogP contribution in [0.3, 0.4) is 0 Å². The first-order chi connectivity index (χ1) is 13.7. The number of rotatable bonds is 5. The van der Waals surface area contributed by atoms with Crippen LogP contribution in [-0.2, 0) is 20.2 Å². The van der Waals surface area contributed by atoms with Crippen molar-refractivity contribution in [2.24, 2.45) is 11.8 Å². The van der Waals surface area contributed by atoms with Crippen molar-refractivity contribution in [3.63, 3.8) is 0 Å². The summed E-state index contributed by atoms with van der Waals surface area (Å²) in [4.78, 5) is 18.8. The van der Waals surface area contributed by atoms with E-state index in [1.807, 2.05) is 48.2 Å². The van der Waals surface area contributed by atoms with Crippen LogP contribution in [0.5, 0.6) is 0 Å². The number of aryl methyl sites for hydroxylation is 1. The zero-order valence-corrected chi connectivity index (χ0v) is 17.6. The maximum Gasteiger partial charge on any atom is 0.246 e. The fourth-order valence-electron chi connectivity index (χ4n) is 4.54. The molecule has 2 fully saturated rings. The van der Waals surface area contributed by atoms with E-state index in [1.54, 1.807) is 18.2 Å². The fraction of sp³-hybridized carbons (Fsp3) is 0.364. The largest absolute Gasteiger partial charge is 0.339 e. The summed E-state index contributed by atoms with van der Waals surface area (Å²) in [5.74, 6) is 0.797. The zero-order valence-electron chi connectivity index (χ0n) is 16.8. The van der Waals surface area contributed by atoms with Gasteiger partial charge in [0.15, 0.2) is 0 Å². The third-order valence-corrected chi connectivity index (χ3v) is 6.76. The highest BCUT2D eigenvalue weighted by Crippen LogP contribution is 2.63. The van der Waals surface area contributed by atoms with Crippen molar-refractivity contribution < 1.29 is 13.2 Å². The molecule has 0 bridgehead atoms. The van der Waals surface area contributed by atoms with Crippen molar-refractivity contribution in [2.75, 3.05) is 24.1 Å². The van der Waals surface area contributed by atoms with Crippen LogP contribution in [0.2, 0.25) is 0 Å². The van der Waals surface area contributed by atoms with Gasteiger partial charge in [0, 0.05) is 36.0 Å². The minimum atomic E-state index is -3.31. The molecule has 2 aromatic rings. The molecule has 152 valence electrons. The zero-order chi connectivity index (χ0) is 20.8. The number of pyridine rings is 1. The van der Waals surface area contributed by atoms with Crippen LogP contribution in [0.4, 0.5) is 5.69 Å². The number of nitrogens with one attached hydrogen (secondary N) is 1. The van der Waals surface area contributed by atoms with Gasteiger partial charge in [0.05, 0.1) is 11.9 Å². The van der Waals surface area contributed by atoms with Gasteiger partial charge in [-0.1, -0.05) is 25.1 Å². The van der Waals surface area contributed by atoms with E-state index in [0.29, 0.717) is 17.5 Å². The average molecular weight is 412 g/mol. The number of anilines is 1. The molecule has 1 aromatic carbocycles. The van der Waals surface area contributed by atoms with Crippen molar-refractivity contribution in [1.82, 2.24) is 9.88 Å². The predicted molar refractivity (Wildman–Crippen MR) is 114 cm³/mol. The van der Waals surface area contributed by atoms with Gasteiger partial charge in [0.25, 0.3) is 0 Å². The lowest BCUT2D eigenvalue weighted by atomic mass is 9.92. The summed E-state index contributed by atoms with van der Waals surface area (Å²) < 4.78 is 25.6. The molecule has 1 saturated heterocycles. The highest BCUT2D eigenvalue weighted by atomic mass is 32.2. The first-order valence-electron chi connectivity index (χ1n) is 9.66. The van der Waals surface area contributed by atoms with Crippen LogP contribution in [0, 0.1) is 18.8 Å². The number of sulfonamides is 1. The fourth-order valence-corrected chi connectivity index (χ4v) is 5.10. The number of fused-ring (bicyclic) bond motifs is 1. The first-order valence-corrected chi connectivity index (χ1v) is 11.5. The summed E-state index contributed by atoms with van der Waals surface area (Å²) in [6.07, 6.45) is 4.51. The molecule has 1 N–H and O–H groups in total. The second-order valence-electron chi connectivity index (χ2n) is 8.23. The van der Waals surface area contributed by atoms with Gasteiger partial charge in [-0.2, -0.15) is 0 Å². The molecule has 4 rings (SSSR count). The van der Waals surface area contributed by atoms with Gasteiger partial charge in [0.2, 0.25) is 15.9 Å². The Morgan fingerprint density at radius 1 is 1.21 bits per heavy atom. The number of likely N-dealkylation sites (tertiary alicyclic amines) is 1. The number of hydrogen-bond acceptors (Lipinski definition) is 4. The van der Waals surface area contributed by atoms with Crippen molar-refractivity contribution in [1.29, 1.82) is 0 Å². The van der Waals surface area contributed by atoms with Crippen LogP contribution in [0.25, 0.3) is 6.08 Å². The molecule has 1 aliphatic heterocycles. The number of hydrogen-bond donors (Lipinski definition) is 1. The number of nitrogens with zero attached hydrogens (tertiary/aromatic N) is 2. The smallest absolute Gasteiger partial charge is 0.246 e. The van der Waals surface area contributed by atoms with Gasteiger partial charge >= 0.3 is 0 Å². The quantitative estimate of drug-likeness (QED) is 0.768. The highest BCUT2D eigenvalue weighted by molar-refractivity contribution is 7.92. The minimum Gasteiger partial charge on any atom is -0.339 e. The third kappa shape index (κ3) is 3.92. The summed E-state index contributed by atoms with van der Waals surface area (Å²) in [7, 11) is -3.31. The van der Waals surface area contributed by atoms with Crippen LogP contribution >= 0.6 is 0 Å². The standard InChI is InChI=1S/C22H25N3O3S/c1-15-6-4-8-17(23-15)10-11-21(26)25-13-19-20(14-25)22(19,2)16-7-5-9-18(12-16)24-29(3,27)28/h4-12,19-20,24H,13-14H2,1-3H3/b11-10+. The summed E-state index contributed by atoms with van der Waals surface area (Å²) in [6, 6.07) is 13.3. The maximum atomic E-state index is 12.6. The minimum absolute atomic E-state index is 0.00958. The molecule has 7 heteroatoms. The Kier molecular flexibility index (Phi) is 4.73. The molecule has 1 saturated carbocycles. The van der Waals surface area contributed by atoms with E-state index in [4.69, 9.17) is 0 Å². The average Bonchev–Trinajstić information content (AvgIpc) is 3.01. The molecule has 6 nitrogen and oxygen atoms in total. The van der Waals surface area contributed by atoms with Crippen molar-refractivity contribution in [2.45, 2.75) is 19.3 Å². The topological polar surface area (TPSA) is 79.4 Å². The van der Waals surface area contributed by atoms with Crippen LogP contribution < -0.4 is 4.72 Å². The molecule has 1 amide bonds. The van der Waals surface area contributed by atoms with E-state index >= 15 is 0 Å². The molecule has 1 aromatic heterocycles. The van der Waals surface area contributed by atoms with Crippen molar-refractivity contribution in [3.8, 4) is 0 Å². The number of piperidine rings is 1. The summed E-state index contributed by atoms with van der Waals surface area (Å²) in [5.41, 5.74) is 3.38. The second-order valence-corrected chi connectivity index (χ2v) is 9.98. The monoisotopic (exact) mass is 411 g/mol. The summed E-state index contributed by atoms with van der Waals surface area (Å²) in [6.45, 7) is 5.56. The Bertz CT molecular complexity index is 1080. The normalized spacial score (nSPS) is 25.8. The number of amides is 1. The van der Waals surface area contributed by atoms with E-state index in [1.165, 1.54) is 0 Å². The number of carbonyl (C=O) groups excluding carboxylic acids is 1. The molecular weight excluding hydrogens is 386 g/mol. The van der Waals surface area contributed by atoms with E-state index < -0.39 is 10.0 Å². The van der Waals surface area contributed by atoms with Crippen molar-refractivity contribution in [3.05, 3.63) is 65.5 Å². The van der Waals surface area contributed by atoms with Gasteiger partial charge in [-0.3, -0.25) is 14.5 Å². The van der Waals surface area contributed by atoms with Crippen molar-refractivity contribution >= 4 is 27.7 Å². The lowest BCUT2D eigenvalue weighted by Gasteiger charge is -2.24. The van der Waals surface area contributed by atoms with E-state index in [-0.39, 0.29) is 11.3 Å².